The third-order valence-corrected chi connectivity index (χ3v) is 8.16. The van der Waals surface area contributed by atoms with Crippen LogP contribution in [0.4, 0.5) is 8.78 Å². The fourth-order valence-corrected chi connectivity index (χ4v) is 6.37. The van der Waals surface area contributed by atoms with E-state index in [1.165, 1.54) is 37.5 Å². The molecule has 0 spiro atoms. The first-order valence-corrected chi connectivity index (χ1v) is 14.0. The highest BCUT2D eigenvalue weighted by molar-refractivity contribution is 6.31. The number of benzene rings is 3. The van der Waals surface area contributed by atoms with Crippen molar-refractivity contribution in [3.8, 4) is 6.07 Å². The lowest BCUT2D eigenvalue weighted by Crippen LogP contribution is -2.39. The lowest BCUT2D eigenvalue weighted by atomic mass is 9.63. The first kappa shape index (κ1) is 31.2. The Morgan fingerprint density at radius 2 is 1.79 bits per heavy atom. The van der Waals surface area contributed by atoms with Crippen molar-refractivity contribution < 1.29 is 23.1 Å². The number of nitriles is 1. The van der Waals surface area contributed by atoms with E-state index in [2.05, 4.69) is 6.07 Å². The second-order valence-electron chi connectivity index (χ2n) is 11.5. The third-order valence-electron chi connectivity index (χ3n) is 7.64. The molecule has 3 atom stereocenters. The SMILES string of the molecule is COC(=O)c1ccc(/C(=C\C=O)N2C[C@@H](CC(C)(C)C)[C@](C#N)(c3ccc(Cl)cc3F)[C@H]2c2cccc(Cl)c2F)cc1. The highest BCUT2D eigenvalue weighted by atomic mass is 35.5. The summed E-state index contributed by atoms with van der Waals surface area (Å²) in [4.78, 5) is 25.8. The predicted molar refractivity (Wildman–Crippen MR) is 159 cm³/mol. The summed E-state index contributed by atoms with van der Waals surface area (Å²) in [7, 11) is 1.27. The predicted octanol–water partition coefficient (Wildman–Crippen LogP) is 8.17. The normalized spacial score (nSPS) is 20.7. The number of nitrogens with zero attached hydrogens (tertiary/aromatic N) is 2. The van der Waals surface area contributed by atoms with Gasteiger partial charge in [0.25, 0.3) is 0 Å². The molecule has 1 aliphatic heterocycles. The van der Waals surface area contributed by atoms with Crippen molar-refractivity contribution >= 4 is 41.2 Å². The summed E-state index contributed by atoms with van der Waals surface area (Å²) >= 11 is 12.4. The summed E-state index contributed by atoms with van der Waals surface area (Å²) in [5.74, 6) is -2.49. The van der Waals surface area contributed by atoms with Gasteiger partial charge < -0.3 is 9.64 Å². The molecule has 0 amide bonds. The first-order valence-electron chi connectivity index (χ1n) is 13.3. The molecule has 4 rings (SSSR count). The molecule has 3 aromatic rings. The maximum Gasteiger partial charge on any atom is 0.337 e. The standard InChI is InChI=1S/C33H30Cl2F2N2O3/c1-32(2,3)17-22-18-39(28(14-15-40)20-8-10-21(11-9-20)31(41)42-4)30(24-6-5-7-26(35)29(24)37)33(22,19-38)25-13-12-23(34)16-27(25)36/h5-16,22,30H,17-18H2,1-4H3/b28-14+/t22-,30-,33-/m1/s1. The molecule has 218 valence electrons. The number of allylic oxidation sites excluding steroid dienone is 1. The molecule has 0 bridgehead atoms. The van der Waals surface area contributed by atoms with Gasteiger partial charge in [-0.25, -0.2) is 13.6 Å². The van der Waals surface area contributed by atoms with Gasteiger partial charge in [0.15, 0.2) is 0 Å². The number of methoxy groups -OCH3 is 1. The van der Waals surface area contributed by atoms with E-state index in [-0.39, 0.29) is 33.1 Å². The van der Waals surface area contributed by atoms with Gasteiger partial charge in [0.05, 0.1) is 29.8 Å². The zero-order chi connectivity index (χ0) is 30.8. The summed E-state index contributed by atoms with van der Waals surface area (Å²) < 4.78 is 36.6. The molecule has 0 unspecified atom stereocenters. The Hall–Kier alpha value is -3.73. The Morgan fingerprint density at radius 1 is 1.12 bits per heavy atom. The van der Waals surface area contributed by atoms with E-state index in [1.807, 2.05) is 20.8 Å². The Morgan fingerprint density at radius 3 is 2.36 bits per heavy atom. The van der Waals surface area contributed by atoms with Crippen LogP contribution in [0.2, 0.25) is 10.0 Å². The van der Waals surface area contributed by atoms with Crippen LogP contribution in [0.25, 0.3) is 5.70 Å². The van der Waals surface area contributed by atoms with Gasteiger partial charge >= 0.3 is 5.97 Å². The fourth-order valence-electron chi connectivity index (χ4n) is 6.02. The molecule has 42 heavy (non-hydrogen) atoms. The Bertz CT molecular complexity index is 1580. The molecule has 0 aliphatic carbocycles. The van der Waals surface area contributed by atoms with E-state index in [9.17, 15) is 14.9 Å². The number of carbonyl (C=O) groups excluding carboxylic acids is 2. The zero-order valence-corrected chi connectivity index (χ0v) is 25.1. The van der Waals surface area contributed by atoms with Crippen LogP contribution >= 0.6 is 23.2 Å². The quantitative estimate of drug-likeness (QED) is 0.153. The molecule has 3 aromatic carbocycles. The van der Waals surface area contributed by atoms with Crippen LogP contribution in [0.1, 0.15) is 60.3 Å². The Labute approximate surface area is 254 Å². The largest absolute Gasteiger partial charge is 0.465 e. The average Bonchev–Trinajstić information content (AvgIpc) is 3.25. The molecular weight excluding hydrogens is 581 g/mol. The highest BCUT2D eigenvalue weighted by Crippen LogP contribution is 2.58. The molecule has 1 heterocycles. The van der Waals surface area contributed by atoms with Crippen molar-refractivity contribution in [2.45, 2.75) is 38.6 Å². The van der Waals surface area contributed by atoms with E-state index in [0.29, 0.717) is 29.5 Å². The van der Waals surface area contributed by atoms with E-state index >= 15 is 8.78 Å². The first-order chi connectivity index (χ1) is 19.9. The van der Waals surface area contributed by atoms with Gasteiger partial charge in [0.2, 0.25) is 0 Å². The number of hydrogen-bond donors (Lipinski definition) is 0. The number of esters is 1. The number of carbonyl (C=O) groups is 2. The number of aldehydes is 1. The van der Waals surface area contributed by atoms with Crippen LogP contribution in [0.3, 0.4) is 0 Å². The minimum atomic E-state index is -1.62. The highest BCUT2D eigenvalue weighted by Gasteiger charge is 2.59. The van der Waals surface area contributed by atoms with E-state index in [1.54, 1.807) is 35.2 Å². The van der Waals surface area contributed by atoms with Crippen LogP contribution in [0.15, 0.2) is 66.7 Å². The van der Waals surface area contributed by atoms with Gasteiger partial charge in [0, 0.05) is 40.4 Å². The Kier molecular flexibility index (Phi) is 9.10. The summed E-state index contributed by atoms with van der Waals surface area (Å²) in [6, 6.07) is 16.3. The van der Waals surface area contributed by atoms with E-state index in [0.717, 1.165) is 6.07 Å². The summed E-state index contributed by atoms with van der Waals surface area (Å²) in [6.07, 6.45) is 2.39. The monoisotopic (exact) mass is 610 g/mol. The molecule has 0 N–H and O–H groups in total. The maximum absolute atomic E-state index is 16.0. The van der Waals surface area contributed by atoms with Crippen LogP contribution in [-0.4, -0.2) is 30.8 Å². The summed E-state index contributed by atoms with van der Waals surface area (Å²) in [5.41, 5.74) is -0.579. The maximum atomic E-state index is 16.0. The van der Waals surface area contributed by atoms with Crippen molar-refractivity contribution in [2.75, 3.05) is 13.7 Å². The van der Waals surface area contributed by atoms with Crippen LogP contribution in [0.5, 0.6) is 0 Å². The topological polar surface area (TPSA) is 70.4 Å². The number of halogens is 4. The molecule has 1 fully saturated rings. The molecule has 0 aromatic heterocycles. The second kappa shape index (κ2) is 12.2. The van der Waals surface area contributed by atoms with E-state index < -0.39 is 35.0 Å². The second-order valence-corrected chi connectivity index (χ2v) is 12.4. The van der Waals surface area contributed by atoms with Crippen molar-refractivity contribution in [3.05, 3.63) is 111 Å². The minimum absolute atomic E-state index is 0.0713. The fraction of sp³-hybridized carbons (Fsp3) is 0.303. The zero-order valence-electron chi connectivity index (χ0n) is 23.6. The summed E-state index contributed by atoms with van der Waals surface area (Å²) in [5, 5.41) is 11.1. The van der Waals surface area contributed by atoms with Crippen LogP contribution in [-0.2, 0) is 14.9 Å². The van der Waals surface area contributed by atoms with E-state index in [4.69, 9.17) is 27.9 Å². The van der Waals surface area contributed by atoms with Gasteiger partial charge in [0.1, 0.15) is 23.3 Å². The Balaban J connectivity index is 2.05. The van der Waals surface area contributed by atoms with Gasteiger partial charge in [-0.3, -0.25) is 4.79 Å². The van der Waals surface area contributed by atoms with Crippen molar-refractivity contribution in [1.29, 1.82) is 5.26 Å². The molecule has 0 saturated carbocycles. The van der Waals surface area contributed by atoms with Crippen molar-refractivity contribution in [1.82, 2.24) is 4.90 Å². The minimum Gasteiger partial charge on any atom is -0.465 e. The van der Waals surface area contributed by atoms with Gasteiger partial charge in [-0.05, 0) is 47.7 Å². The van der Waals surface area contributed by atoms with Gasteiger partial charge in [-0.15, -0.1) is 0 Å². The molecule has 0 radical (unpaired) electrons. The van der Waals surface area contributed by atoms with Gasteiger partial charge in [-0.2, -0.15) is 5.26 Å². The number of ether oxygens (including phenoxy) is 1. The number of likely N-dealkylation sites (tertiary alicyclic amines) is 1. The van der Waals surface area contributed by atoms with Crippen molar-refractivity contribution in [3.63, 3.8) is 0 Å². The summed E-state index contributed by atoms with van der Waals surface area (Å²) in [6.45, 7) is 6.22. The smallest absolute Gasteiger partial charge is 0.337 e. The molecule has 5 nitrogen and oxygen atoms in total. The lowest BCUT2D eigenvalue weighted by Gasteiger charge is -2.39. The van der Waals surface area contributed by atoms with Crippen LogP contribution in [0, 0.1) is 34.3 Å². The molecule has 9 heteroatoms. The molecule has 1 saturated heterocycles. The third kappa shape index (κ3) is 5.79. The average molecular weight is 612 g/mol. The van der Waals surface area contributed by atoms with Crippen molar-refractivity contribution in [2.24, 2.45) is 11.3 Å². The molecule has 1 aliphatic rings. The molecular formula is C33H30Cl2F2N2O3. The van der Waals surface area contributed by atoms with Crippen LogP contribution < -0.4 is 0 Å². The number of hydrogen-bond acceptors (Lipinski definition) is 5. The van der Waals surface area contributed by atoms with Gasteiger partial charge in [-0.1, -0.05) is 74.3 Å². The lowest BCUT2D eigenvalue weighted by molar-refractivity contribution is -0.104. The number of rotatable bonds is 7.